The van der Waals surface area contributed by atoms with Gasteiger partial charge in [0.25, 0.3) is 0 Å². The van der Waals surface area contributed by atoms with Crippen molar-refractivity contribution in [3.8, 4) is 0 Å². The van der Waals surface area contributed by atoms with E-state index >= 15 is 0 Å². The van der Waals surface area contributed by atoms with Crippen LogP contribution in [0.4, 0.5) is 0 Å². The molecule has 0 amide bonds. The molecule has 0 N–H and O–H groups in total. The predicted octanol–water partition coefficient (Wildman–Crippen LogP) is 7.75. The fourth-order valence-electron chi connectivity index (χ4n) is 3.86. The van der Waals surface area contributed by atoms with Crippen molar-refractivity contribution < 1.29 is 9.53 Å². The second kappa shape index (κ2) is 10.2. The Labute approximate surface area is 213 Å². The molecule has 4 aromatic carbocycles. The molecule has 5 aromatic rings. The number of halogens is 2. The molecule has 0 unspecified atom stereocenters. The van der Waals surface area contributed by atoms with E-state index in [2.05, 4.69) is 16.7 Å². The van der Waals surface area contributed by atoms with Crippen molar-refractivity contribution >= 4 is 52.0 Å². The summed E-state index contributed by atoms with van der Waals surface area (Å²) >= 11 is 12.8. The molecule has 0 atom stereocenters. The van der Waals surface area contributed by atoms with Gasteiger partial charge in [-0.3, -0.25) is 0 Å². The monoisotopic (exact) mass is 498 g/mol. The van der Waals surface area contributed by atoms with Gasteiger partial charge in [-0.1, -0.05) is 89.9 Å². The van der Waals surface area contributed by atoms with E-state index in [1.807, 2.05) is 54.6 Å². The fraction of sp³-hybridized carbons (Fsp3) is 0.0345. The summed E-state index contributed by atoms with van der Waals surface area (Å²) in [6.45, 7) is 0.599. The Kier molecular flexibility index (Phi) is 6.66. The summed E-state index contributed by atoms with van der Waals surface area (Å²) in [5.74, 6) is 0.342. The van der Waals surface area contributed by atoms with Gasteiger partial charge in [0, 0.05) is 18.2 Å². The molecule has 0 saturated heterocycles. The van der Waals surface area contributed by atoms with E-state index in [4.69, 9.17) is 32.9 Å². The van der Waals surface area contributed by atoms with Crippen LogP contribution in [0, 0.1) is 0 Å². The van der Waals surface area contributed by atoms with Crippen LogP contribution in [-0.2, 0) is 11.3 Å². The predicted molar refractivity (Wildman–Crippen MR) is 141 cm³/mol. The third kappa shape index (κ3) is 4.99. The van der Waals surface area contributed by atoms with Crippen molar-refractivity contribution in [2.75, 3.05) is 0 Å². The number of benzene rings is 4. The van der Waals surface area contributed by atoms with Crippen molar-refractivity contribution in [3.05, 3.63) is 136 Å². The molecule has 35 heavy (non-hydrogen) atoms. The van der Waals surface area contributed by atoms with E-state index in [-0.39, 0.29) is 11.3 Å². The highest BCUT2D eigenvalue weighted by molar-refractivity contribution is 6.34. The van der Waals surface area contributed by atoms with Gasteiger partial charge in [0.2, 0.25) is 0 Å². The fourth-order valence-corrected chi connectivity index (χ4v) is 4.30. The molecular formula is C29H20Cl2N2O2. The number of nitrogens with zero attached hydrogens (tertiary/aromatic N) is 2. The van der Waals surface area contributed by atoms with Crippen LogP contribution in [0.2, 0.25) is 10.0 Å². The Balaban J connectivity index is 1.64. The number of para-hydroxylation sites is 2. The van der Waals surface area contributed by atoms with Gasteiger partial charge >= 0.3 is 5.97 Å². The minimum atomic E-state index is -0.576. The zero-order valence-corrected chi connectivity index (χ0v) is 20.1. The standard InChI is InChI=1S/C29H20Cl2N2O2/c30-23-14-6-4-12-21(23)27(35-29(34)22-13-5-7-15-24(22)31)18-28-32-25-16-8-9-17-26(25)33(28)19-20-10-2-1-3-11-20/h1-18H,19H2/b27-18-. The molecule has 5 rings (SSSR count). The number of fused-ring (bicyclic) bond motifs is 1. The van der Waals surface area contributed by atoms with Crippen molar-refractivity contribution in [2.24, 2.45) is 0 Å². The number of imidazole rings is 1. The number of hydrogen-bond acceptors (Lipinski definition) is 3. The first-order chi connectivity index (χ1) is 17.1. The highest BCUT2D eigenvalue weighted by Crippen LogP contribution is 2.30. The average Bonchev–Trinajstić information content (AvgIpc) is 3.21. The molecular weight excluding hydrogens is 479 g/mol. The van der Waals surface area contributed by atoms with Gasteiger partial charge in [0.1, 0.15) is 11.6 Å². The first-order valence-corrected chi connectivity index (χ1v) is 11.8. The molecule has 1 aromatic heterocycles. The zero-order valence-electron chi connectivity index (χ0n) is 18.6. The molecule has 1 heterocycles. The summed E-state index contributed by atoms with van der Waals surface area (Å²) in [5, 5.41) is 0.767. The molecule has 0 aliphatic rings. The Bertz CT molecular complexity index is 1540. The molecule has 0 radical (unpaired) electrons. The quantitative estimate of drug-likeness (QED) is 0.177. The normalized spacial score (nSPS) is 11.5. The van der Waals surface area contributed by atoms with Crippen LogP contribution in [0.25, 0.3) is 22.9 Å². The maximum atomic E-state index is 13.1. The second-order valence-electron chi connectivity index (χ2n) is 7.89. The van der Waals surface area contributed by atoms with Crippen LogP contribution in [0.1, 0.15) is 27.3 Å². The third-order valence-electron chi connectivity index (χ3n) is 5.56. The molecule has 0 bridgehead atoms. The lowest BCUT2D eigenvalue weighted by Crippen LogP contribution is -2.07. The Morgan fingerprint density at radius 2 is 1.37 bits per heavy atom. The van der Waals surface area contributed by atoms with Crippen molar-refractivity contribution in [1.82, 2.24) is 9.55 Å². The van der Waals surface area contributed by atoms with Gasteiger partial charge in [0.15, 0.2) is 0 Å². The van der Waals surface area contributed by atoms with E-state index in [1.54, 1.807) is 42.5 Å². The lowest BCUT2D eigenvalue weighted by molar-refractivity contribution is 0.0694. The van der Waals surface area contributed by atoms with Crippen LogP contribution >= 0.6 is 23.2 Å². The molecule has 4 nitrogen and oxygen atoms in total. The van der Waals surface area contributed by atoms with Gasteiger partial charge < -0.3 is 9.30 Å². The van der Waals surface area contributed by atoms with Crippen LogP contribution in [0.3, 0.4) is 0 Å². The Hall–Kier alpha value is -3.86. The van der Waals surface area contributed by atoms with Crippen LogP contribution in [0.5, 0.6) is 0 Å². The van der Waals surface area contributed by atoms with Crippen molar-refractivity contribution in [1.29, 1.82) is 0 Å². The smallest absolute Gasteiger partial charge is 0.345 e. The number of esters is 1. The van der Waals surface area contributed by atoms with E-state index in [1.165, 1.54) is 0 Å². The summed E-state index contributed by atoms with van der Waals surface area (Å²) < 4.78 is 7.98. The minimum Gasteiger partial charge on any atom is -0.422 e. The molecule has 0 aliphatic carbocycles. The lowest BCUT2D eigenvalue weighted by atomic mass is 10.1. The van der Waals surface area contributed by atoms with Crippen LogP contribution in [0.15, 0.2) is 103 Å². The average molecular weight is 499 g/mol. The van der Waals surface area contributed by atoms with E-state index in [9.17, 15) is 4.79 Å². The zero-order chi connectivity index (χ0) is 24.2. The number of carbonyl (C=O) groups is 1. The number of rotatable bonds is 6. The summed E-state index contributed by atoms with van der Waals surface area (Å²) in [4.78, 5) is 17.9. The topological polar surface area (TPSA) is 44.1 Å². The maximum absolute atomic E-state index is 13.1. The van der Waals surface area contributed by atoms with Gasteiger partial charge in [-0.25, -0.2) is 9.78 Å². The van der Waals surface area contributed by atoms with E-state index in [0.29, 0.717) is 28.0 Å². The van der Waals surface area contributed by atoms with Crippen LogP contribution in [-0.4, -0.2) is 15.5 Å². The first-order valence-electron chi connectivity index (χ1n) is 11.0. The molecule has 0 fully saturated rings. The van der Waals surface area contributed by atoms with Gasteiger partial charge in [-0.2, -0.15) is 0 Å². The van der Waals surface area contributed by atoms with Crippen molar-refractivity contribution in [3.63, 3.8) is 0 Å². The number of hydrogen-bond donors (Lipinski definition) is 0. The first kappa shape index (κ1) is 22.9. The van der Waals surface area contributed by atoms with Gasteiger partial charge in [-0.05, 0) is 42.0 Å². The van der Waals surface area contributed by atoms with Crippen LogP contribution < -0.4 is 0 Å². The molecule has 172 valence electrons. The summed E-state index contributed by atoms with van der Waals surface area (Å²) in [6, 6.07) is 32.0. The second-order valence-corrected chi connectivity index (χ2v) is 8.70. The number of aromatic nitrogens is 2. The maximum Gasteiger partial charge on any atom is 0.345 e. The largest absolute Gasteiger partial charge is 0.422 e. The summed E-state index contributed by atoms with van der Waals surface area (Å²) in [5.41, 5.74) is 3.78. The highest BCUT2D eigenvalue weighted by atomic mass is 35.5. The summed E-state index contributed by atoms with van der Waals surface area (Å²) in [7, 11) is 0. The van der Waals surface area contributed by atoms with Gasteiger partial charge in [0.05, 0.1) is 26.6 Å². The lowest BCUT2D eigenvalue weighted by Gasteiger charge is -2.13. The molecule has 0 saturated carbocycles. The summed E-state index contributed by atoms with van der Waals surface area (Å²) in [6.07, 6.45) is 1.75. The van der Waals surface area contributed by atoms with Gasteiger partial charge in [-0.15, -0.1) is 0 Å². The third-order valence-corrected chi connectivity index (χ3v) is 6.22. The Morgan fingerprint density at radius 1 is 0.771 bits per heavy atom. The minimum absolute atomic E-state index is 0.268. The van der Waals surface area contributed by atoms with E-state index in [0.717, 1.165) is 16.6 Å². The van der Waals surface area contributed by atoms with Crippen molar-refractivity contribution in [2.45, 2.75) is 6.54 Å². The molecule has 6 heteroatoms. The Morgan fingerprint density at radius 3 is 2.09 bits per heavy atom. The molecule has 0 aliphatic heterocycles. The number of ether oxygens (including phenoxy) is 1. The SMILES string of the molecule is O=C(O/C(=C\c1nc2ccccc2n1Cc1ccccc1)c1ccccc1Cl)c1ccccc1Cl. The molecule has 0 spiro atoms. The van der Waals surface area contributed by atoms with E-state index < -0.39 is 5.97 Å². The highest BCUT2D eigenvalue weighted by Gasteiger charge is 2.19. The number of carbonyl (C=O) groups excluding carboxylic acids is 1.